The molecule has 0 saturated heterocycles. The van der Waals surface area contributed by atoms with Crippen LogP contribution in [0.15, 0.2) is 47.8 Å². The second-order valence-corrected chi connectivity index (χ2v) is 7.99. The minimum atomic E-state index is -0.891. The third-order valence-corrected chi connectivity index (χ3v) is 5.40. The van der Waals surface area contributed by atoms with Crippen LogP contribution in [-0.2, 0) is 20.7 Å². The summed E-state index contributed by atoms with van der Waals surface area (Å²) in [5.74, 6) is -0.835. The van der Waals surface area contributed by atoms with Crippen molar-refractivity contribution in [3.05, 3.63) is 70.2 Å². The minimum absolute atomic E-state index is 0.0312. The van der Waals surface area contributed by atoms with Gasteiger partial charge in [0.25, 0.3) is 5.91 Å². The van der Waals surface area contributed by atoms with E-state index in [1.165, 1.54) is 11.3 Å². The summed E-state index contributed by atoms with van der Waals surface area (Å²) in [4.78, 5) is 29.1. The smallest absolute Gasteiger partial charge is 0.312 e. The van der Waals surface area contributed by atoms with E-state index in [0.717, 1.165) is 27.3 Å². The molecule has 0 aliphatic rings. The Morgan fingerprint density at radius 2 is 1.86 bits per heavy atom. The van der Waals surface area contributed by atoms with Crippen LogP contribution in [0.25, 0.3) is 10.6 Å². The SMILES string of the molecule is Cc1cccc(-c2nc(CC(=O)O[C@@H](C)C(=O)Nc3ccc(C)cc3C)cs2)c1. The summed E-state index contributed by atoms with van der Waals surface area (Å²) in [5.41, 5.74) is 5.61. The highest BCUT2D eigenvalue weighted by atomic mass is 32.1. The maximum Gasteiger partial charge on any atom is 0.312 e. The van der Waals surface area contributed by atoms with Crippen molar-refractivity contribution in [2.45, 2.75) is 40.2 Å². The van der Waals surface area contributed by atoms with E-state index in [2.05, 4.69) is 16.4 Å². The van der Waals surface area contributed by atoms with E-state index >= 15 is 0 Å². The van der Waals surface area contributed by atoms with Crippen molar-refractivity contribution in [1.29, 1.82) is 0 Å². The maximum absolute atomic E-state index is 12.4. The molecule has 1 N–H and O–H groups in total. The molecule has 0 aliphatic carbocycles. The molecule has 150 valence electrons. The fourth-order valence-corrected chi connectivity index (χ4v) is 3.74. The lowest BCUT2D eigenvalue weighted by Crippen LogP contribution is -2.30. The van der Waals surface area contributed by atoms with E-state index in [4.69, 9.17) is 4.74 Å². The lowest BCUT2D eigenvalue weighted by atomic mass is 10.1. The Balaban J connectivity index is 1.57. The van der Waals surface area contributed by atoms with Gasteiger partial charge in [0, 0.05) is 16.6 Å². The molecule has 6 heteroatoms. The van der Waals surface area contributed by atoms with Gasteiger partial charge in [0.1, 0.15) is 5.01 Å². The number of carbonyl (C=O) groups is 2. The van der Waals surface area contributed by atoms with Gasteiger partial charge in [0.05, 0.1) is 12.1 Å². The number of thiazole rings is 1. The zero-order valence-corrected chi connectivity index (χ0v) is 17.8. The summed E-state index contributed by atoms with van der Waals surface area (Å²) in [6.45, 7) is 7.51. The Bertz CT molecular complexity index is 1040. The zero-order valence-electron chi connectivity index (χ0n) is 17.0. The molecule has 0 saturated carbocycles. The van der Waals surface area contributed by atoms with Crippen LogP contribution in [0.5, 0.6) is 0 Å². The number of esters is 1. The maximum atomic E-state index is 12.4. The van der Waals surface area contributed by atoms with E-state index in [1.807, 2.05) is 62.5 Å². The number of aryl methyl sites for hydroxylation is 3. The third-order valence-electron chi connectivity index (χ3n) is 4.46. The average Bonchev–Trinajstić information content (AvgIpc) is 3.12. The Labute approximate surface area is 174 Å². The fraction of sp³-hybridized carbons (Fsp3) is 0.261. The molecule has 3 rings (SSSR count). The molecular formula is C23H24N2O3S. The highest BCUT2D eigenvalue weighted by molar-refractivity contribution is 7.13. The van der Waals surface area contributed by atoms with Gasteiger partial charge in [-0.15, -0.1) is 11.3 Å². The predicted octanol–water partition coefficient (Wildman–Crippen LogP) is 4.85. The number of rotatable bonds is 6. The summed E-state index contributed by atoms with van der Waals surface area (Å²) in [7, 11) is 0. The molecule has 29 heavy (non-hydrogen) atoms. The van der Waals surface area contributed by atoms with E-state index in [-0.39, 0.29) is 12.3 Å². The number of hydrogen-bond acceptors (Lipinski definition) is 5. The van der Waals surface area contributed by atoms with Crippen LogP contribution in [0.3, 0.4) is 0 Å². The molecule has 5 nitrogen and oxygen atoms in total. The molecule has 1 amide bonds. The molecule has 3 aromatic rings. The summed E-state index contributed by atoms with van der Waals surface area (Å²) in [6, 6.07) is 13.8. The average molecular weight is 409 g/mol. The normalized spacial score (nSPS) is 11.7. The quantitative estimate of drug-likeness (QED) is 0.592. The highest BCUT2D eigenvalue weighted by Crippen LogP contribution is 2.24. The molecule has 0 aliphatic heterocycles. The number of anilines is 1. The molecule has 0 fully saturated rings. The summed E-state index contributed by atoms with van der Waals surface area (Å²) in [6.07, 6.45) is -0.859. The van der Waals surface area contributed by atoms with Gasteiger partial charge >= 0.3 is 5.97 Å². The first-order valence-electron chi connectivity index (χ1n) is 9.41. The Morgan fingerprint density at radius 3 is 2.59 bits per heavy atom. The van der Waals surface area contributed by atoms with Crippen molar-refractivity contribution < 1.29 is 14.3 Å². The molecule has 1 atom stereocenters. The van der Waals surface area contributed by atoms with E-state index in [1.54, 1.807) is 6.92 Å². The van der Waals surface area contributed by atoms with Crippen LogP contribution in [0.2, 0.25) is 0 Å². The van der Waals surface area contributed by atoms with Gasteiger partial charge in [0.15, 0.2) is 6.10 Å². The second kappa shape index (κ2) is 9.01. The molecule has 1 aromatic heterocycles. The van der Waals surface area contributed by atoms with Gasteiger partial charge in [-0.3, -0.25) is 9.59 Å². The zero-order chi connectivity index (χ0) is 21.0. The van der Waals surface area contributed by atoms with Crippen molar-refractivity contribution in [3.63, 3.8) is 0 Å². The Morgan fingerprint density at radius 1 is 1.10 bits per heavy atom. The number of nitrogens with one attached hydrogen (secondary N) is 1. The van der Waals surface area contributed by atoms with Gasteiger partial charge in [-0.25, -0.2) is 4.98 Å². The van der Waals surface area contributed by atoms with Crippen molar-refractivity contribution in [3.8, 4) is 10.6 Å². The summed E-state index contributed by atoms with van der Waals surface area (Å²) < 4.78 is 5.30. The molecular weight excluding hydrogens is 384 g/mol. The van der Waals surface area contributed by atoms with Gasteiger partial charge < -0.3 is 10.1 Å². The van der Waals surface area contributed by atoms with E-state index in [9.17, 15) is 9.59 Å². The number of amides is 1. The van der Waals surface area contributed by atoms with Gasteiger partial charge in [-0.1, -0.05) is 41.5 Å². The van der Waals surface area contributed by atoms with Crippen molar-refractivity contribution in [2.24, 2.45) is 0 Å². The van der Waals surface area contributed by atoms with E-state index < -0.39 is 12.1 Å². The van der Waals surface area contributed by atoms with Crippen LogP contribution in [-0.4, -0.2) is 23.0 Å². The highest BCUT2D eigenvalue weighted by Gasteiger charge is 2.19. The Hall–Kier alpha value is -2.99. The summed E-state index contributed by atoms with van der Waals surface area (Å²) in [5, 5.41) is 5.51. The number of benzene rings is 2. The first-order valence-corrected chi connectivity index (χ1v) is 10.3. The van der Waals surface area contributed by atoms with Crippen LogP contribution >= 0.6 is 11.3 Å². The minimum Gasteiger partial charge on any atom is -0.452 e. The van der Waals surface area contributed by atoms with Crippen LogP contribution in [0.4, 0.5) is 5.69 Å². The van der Waals surface area contributed by atoms with Crippen LogP contribution in [0.1, 0.15) is 29.3 Å². The lowest BCUT2D eigenvalue weighted by Gasteiger charge is -2.14. The molecule has 0 unspecified atom stereocenters. The van der Waals surface area contributed by atoms with Gasteiger partial charge in [-0.05, 0) is 45.4 Å². The number of carbonyl (C=O) groups excluding carboxylic acids is 2. The fourth-order valence-electron chi connectivity index (χ4n) is 2.93. The number of nitrogens with zero attached hydrogens (tertiary/aromatic N) is 1. The molecule has 0 spiro atoms. The molecule has 1 heterocycles. The van der Waals surface area contributed by atoms with Crippen LogP contribution in [0, 0.1) is 20.8 Å². The van der Waals surface area contributed by atoms with Gasteiger partial charge in [-0.2, -0.15) is 0 Å². The van der Waals surface area contributed by atoms with Gasteiger partial charge in [0.2, 0.25) is 0 Å². The van der Waals surface area contributed by atoms with Crippen LogP contribution < -0.4 is 5.32 Å². The largest absolute Gasteiger partial charge is 0.452 e. The van der Waals surface area contributed by atoms with Crippen molar-refractivity contribution in [2.75, 3.05) is 5.32 Å². The summed E-state index contributed by atoms with van der Waals surface area (Å²) >= 11 is 1.48. The van der Waals surface area contributed by atoms with E-state index in [0.29, 0.717) is 11.4 Å². The molecule has 0 bridgehead atoms. The monoisotopic (exact) mass is 408 g/mol. The number of aromatic nitrogens is 1. The number of hydrogen-bond donors (Lipinski definition) is 1. The molecule has 0 radical (unpaired) electrons. The predicted molar refractivity (Wildman–Crippen MR) is 116 cm³/mol. The lowest BCUT2D eigenvalue weighted by molar-refractivity contribution is -0.152. The number of ether oxygens (including phenoxy) is 1. The second-order valence-electron chi connectivity index (χ2n) is 7.13. The first kappa shape index (κ1) is 20.7. The third kappa shape index (κ3) is 5.51. The Kier molecular flexibility index (Phi) is 6.44. The standard InChI is InChI=1S/C23H24N2O3S/c1-14-6-5-7-18(11-14)23-24-19(13-29-23)12-21(26)28-17(4)22(27)25-20-9-8-15(2)10-16(20)3/h5-11,13,17H,12H2,1-4H3,(H,25,27)/t17-/m0/s1. The van der Waals surface area contributed by atoms with Crippen molar-refractivity contribution >= 4 is 28.9 Å². The molecule has 2 aromatic carbocycles. The topological polar surface area (TPSA) is 68.3 Å². The first-order chi connectivity index (χ1) is 13.8. The van der Waals surface area contributed by atoms with Crippen molar-refractivity contribution in [1.82, 2.24) is 4.98 Å².